The number of rotatable bonds is 18. The number of amides is 1. The van der Waals surface area contributed by atoms with Gasteiger partial charge in [-0.15, -0.1) is 0 Å². The molecule has 0 bridgehead atoms. The summed E-state index contributed by atoms with van der Waals surface area (Å²) < 4.78 is 51.0. The summed E-state index contributed by atoms with van der Waals surface area (Å²) in [7, 11) is 0. The number of carbonyl (C=O) groups excluding carboxylic acids is 2. The molecule has 0 heterocycles. The van der Waals surface area contributed by atoms with Gasteiger partial charge in [-0.2, -0.15) is 13.2 Å². The maximum atomic E-state index is 13.3. The van der Waals surface area contributed by atoms with Crippen molar-refractivity contribution in [2.45, 2.75) is 70.3 Å². The van der Waals surface area contributed by atoms with Gasteiger partial charge in [0.25, 0.3) is 5.91 Å². The predicted molar refractivity (Wildman–Crippen MR) is 186 cm³/mol. The molecule has 1 amide bonds. The number of carboxylic acids is 1. The molecule has 270 valence electrons. The van der Waals surface area contributed by atoms with E-state index in [4.69, 9.17) is 9.47 Å². The van der Waals surface area contributed by atoms with E-state index in [-0.39, 0.29) is 29.7 Å². The molecule has 0 fully saturated rings. The maximum Gasteiger partial charge on any atom is 0.416 e. The zero-order chi connectivity index (χ0) is 36.8. The van der Waals surface area contributed by atoms with Crippen molar-refractivity contribution >= 4 is 23.5 Å². The van der Waals surface area contributed by atoms with E-state index in [0.717, 1.165) is 18.9 Å². The van der Waals surface area contributed by atoms with Crippen LogP contribution in [0.25, 0.3) is 0 Å². The molecule has 2 atom stereocenters. The zero-order valence-electron chi connectivity index (χ0n) is 28.1. The Bertz CT molecular complexity index is 1730. The Kier molecular flexibility index (Phi) is 14.0. The average Bonchev–Trinajstić information content (AvgIpc) is 3.10. The second-order valence-electron chi connectivity index (χ2n) is 12.0. The number of carbonyl (C=O) groups is 3. The van der Waals surface area contributed by atoms with Gasteiger partial charge in [0, 0.05) is 24.1 Å². The summed E-state index contributed by atoms with van der Waals surface area (Å²) >= 11 is 0. The minimum atomic E-state index is -4.56. The van der Waals surface area contributed by atoms with Crippen LogP contribution in [0.3, 0.4) is 0 Å². The van der Waals surface area contributed by atoms with Gasteiger partial charge in [-0.3, -0.25) is 4.79 Å². The van der Waals surface area contributed by atoms with Crippen LogP contribution in [0.1, 0.15) is 76.4 Å². The van der Waals surface area contributed by atoms with Gasteiger partial charge in [-0.05, 0) is 84.3 Å². The summed E-state index contributed by atoms with van der Waals surface area (Å²) in [6.45, 7) is 2.78. The molecule has 12 heteroatoms. The highest BCUT2D eigenvalue weighted by Gasteiger charge is 2.33. The Balaban J connectivity index is 1.26. The van der Waals surface area contributed by atoms with Gasteiger partial charge in [0.1, 0.15) is 23.8 Å². The first-order valence-corrected chi connectivity index (χ1v) is 16.7. The van der Waals surface area contributed by atoms with Gasteiger partial charge in [0.15, 0.2) is 0 Å². The van der Waals surface area contributed by atoms with Crippen molar-refractivity contribution in [3.05, 3.63) is 125 Å². The first-order chi connectivity index (χ1) is 24.4. The molecule has 0 aliphatic heterocycles. The molecule has 0 aliphatic carbocycles. The smallest absolute Gasteiger partial charge is 0.416 e. The van der Waals surface area contributed by atoms with Crippen molar-refractivity contribution in [1.82, 2.24) is 5.32 Å². The van der Waals surface area contributed by atoms with Crippen LogP contribution >= 0.6 is 0 Å². The fourth-order valence-corrected chi connectivity index (χ4v) is 5.26. The van der Waals surface area contributed by atoms with Crippen LogP contribution in [0, 0.1) is 0 Å². The Hall–Kier alpha value is -5.36. The number of alkyl halides is 3. The molecule has 0 saturated heterocycles. The molecule has 0 spiro atoms. The number of hydrogen-bond donors (Lipinski definition) is 4. The monoisotopic (exact) mass is 706 g/mol. The van der Waals surface area contributed by atoms with Crippen LogP contribution in [0.4, 0.5) is 18.9 Å². The number of hydrogen-bond acceptors (Lipinski definition) is 7. The number of unbranched alkanes of at least 4 members (excludes halogenated alkanes) is 4. The molecule has 4 aromatic carbocycles. The lowest BCUT2D eigenvalue weighted by molar-refractivity contribution is -0.139. The molecule has 0 aromatic heterocycles. The highest BCUT2D eigenvalue weighted by Crippen LogP contribution is 2.32. The Labute approximate surface area is 294 Å². The van der Waals surface area contributed by atoms with Gasteiger partial charge in [-0.1, -0.05) is 62.9 Å². The molecule has 0 saturated carbocycles. The van der Waals surface area contributed by atoms with E-state index < -0.39 is 41.9 Å². The van der Waals surface area contributed by atoms with Gasteiger partial charge < -0.3 is 30.3 Å². The van der Waals surface area contributed by atoms with E-state index in [1.807, 2.05) is 0 Å². The van der Waals surface area contributed by atoms with Crippen molar-refractivity contribution in [3.8, 4) is 11.5 Å². The highest BCUT2D eigenvalue weighted by atomic mass is 19.4. The van der Waals surface area contributed by atoms with Crippen LogP contribution in [-0.2, 0) is 23.8 Å². The van der Waals surface area contributed by atoms with Gasteiger partial charge in [-0.25, -0.2) is 9.59 Å². The summed E-state index contributed by atoms with van der Waals surface area (Å²) in [5.41, 5.74) is 0.471. The van der Waals surface area contributed by atoms with Crippen molar-refractivity contribution in [2.75, 3.05) is 11.9 Å². The lowest BCUT2D eigenvalue weighted by Gasteiger charge is -2.18. The number of nitrogens with one attached hydrogen (secondary N) is 2. The molecular formula is C39H41F3N2O7. The minimum Gasteiger partial charge on any atom is -0.494 e. The molecule has 4 rings (SSSR count). The largest absolute Gasteiger partial charge is 0.494 e. The summed E-state index contributed by atoms with van der Waals surface area (Å²) in [6, 6.07) is 22.3. The fourth-order valence-electron chi connectivity index (χ4n) is 5.26. The van der Waals surface area contributed by atoms with Gasteiger partial charge in [0.05, 0.1) is 17.7 Å². The van der Waals surface area contributed by atoms with Crippen molar-refractivity contribution in [1.29, 1.82) is 0 Å². The number of carboxylic acid groups (broad SMARTS) is 1. The van der Waals surface area contributed by atoms with E-state index >= 15 is 0 Å². The van der Waals surface area contributed by atoms with Crippen molar-refractivity contribution in [3.63, 3.8) is 0 Å². The lowest BCUT2D eigenvalue weighted by Crippen LogP contribution is -2.42. The van der Waals surface area contributed by atoms with Crippen LogP contribution in [0.15, 0.2) is 97.1 Å². The van der Waals surface area contributed by atoms with Crippen LogP contribution in [-0.4, -0.2) is 46.9 Å². The number of aliphatic hydroxyl groups excluding tert-OH is 1. The third kappa shape index (κ3) is 12.2. The van der Waals surface area contributed by atoms with E-state index in [0.29, 0.717) is 29.2 Å². The zero-order valence-corrected chi connectivity index (χ0v) is 28.1. The number of halogens is 3. The standard InChI is InChI=1S/C39H41F3N2O7/c1-2-3-4-5-8-23-50-31-21-15-28(16-22-31)38(49)51-32-19-11-26(12-20-32)24-34(37(47)48)44-36(46)27-13-17-30(18-14-27)43-35(45)25-29-9-6-7-10-33(29)39(40,41)42/h6-7,9-22,34-35,43,45H,2-5,8,23-25H2,1H3,(H,44,46)(H,47,48). The average molecular weight is 707 g/mol. The molecule has 2 unspecified atom stereocenters. The van der Waals surface area contributed by atoms with Crippen LogP contribution in [0.5, 0.6) is 11.5 Å². The number of anilines is 1. The first-order valence-electron chi connectivity index (χ1n) is 16.7. The number of aliphatic carboxylic acids is 1. The topological polar surface area (TPSA) is 134 Å². The Morgan fingerprint density at radius 3 is 2.04 bits per heavy atom. The SMILES string of the molecule is CCCCCCCOc1ccc(C(=O)Oc2ccc(CC(NC(=O)c3ccc(NC(O)Cc4ccccc4C(F)(F)F)cc3)C(=O)O)cc2)cc1. The van der Waals surface area contributed by atoms with Gasteiger partial charge in [0.2, 0.25) is 0 Å². The Morgan fingerprint density at radius 2 is 1.39 bits per heavy atom. The summed E-state index contributed by atoms with van der Waals surface area (Å²) in [4.78, 5) is 37.5. The molecule has 4 aromatic rings. The lowest BCUT2D eigenvalue weighted by atomic mass is 10.0. The minimum absolute atomic E-state index is 0.0550. The van der Waals surface area contributed by atoms with Crippen molar-refractivity contribution in [2.24, 2.45) is 0 Å². The van der Waals surface area contributed by atoms with Crippen LogP contribution < -0.4 is 20.1 Å². The summed E-state index contributed by atoms with van der Waals surface area (Å²) in [5, 5.41) is 25.3. The van der Waals surface area contributed by atoms with E-state index in [9.17, 15) is 37.8 Å². The molecule has 4 N–H and O–H groups in total. The molecule has 0 aliphatic rings. The Morgan fingerprint density at radius 1 is 0.765 bits per heavy atom. The van der Waals surface area contributed by atoms with Crippen LogP contribution in [0.2, 0.25) is 0 Å². The molecule has 0 radical (unpaired) electrons. The summed E-state index contributed by atoms with van der Waals surface area (Å²) in [5.74, 6) is -1.56. The predicted octanol–water partition coefficient (Wildman–Crippen LogP) is 7.67. The summed E-state index contributed by atoms with van der Waals surface area (Å²) in [6.07, 6.45) is -0.607. The molecule has 51 heavy (non-hydrogen) atoms. The van der Waals surface area contributed by atoms with Gasteiger partial charge >= 0.3 is 18.1 Å². The highest BCUT2D eigenvalue weighted by molar-refractivity contribution is 5.97. The third-order valence-corrected chi connectivity index (χ3v) is 8.00. The normalized spacial score (nSPS) is 12.4. The fraction of sp³-hybridized carbons (Fsp3) is 0.308. The number of aliphatic hydroxyl groups is 1. The number of esters is 1. The third-order valence-electron chi connectivity index (χ3n) is 8.00. The second kappa shape index (κ2) is 18.6. The maximum absolute atomic E-state index is 13.3. The van der Waals surface area contributed by atoms with E-state index in [1.54, 1.807) is 36.4 Å². The quantitative estimate of drug-likeness (QED) is 0.0359. The number of ether oxygens (including phenoxy) is 2. The van der Waals surface area contributed by atoms with Crippen molar-refractivity contribution < 1.29 is 47.2 Å². The number of benzene rings is 4. The van der Waals surface area contributed by atoms with E-state index in [1.165, 1.54) is 73.9 Å². The van der Waals surface area contributed by atoms with E-state index in [2.05, 4.69) is 17.6 Å². The second-order valence-corrected chi connectivity index (χ2v) is 12.0. The first kappa shape index (κ1) is 38.4. The molecular weight excluding hydrogens is 665 g/mol. The molecule has 9 nitrogen and oxygen atoms in total.